The minimum Gasteiger partial charge on any atom is -0.387 e. The van der Waals surface area contributed by atoms with Crippen molar-refractivity contribution in [2.45, 2.75) is 212 Å². The van der Waals surface area contributed by atoms with Gasteiger partial charge in [-0.3, -0.25) is 9.35 Å². The van der Waals surface area contributed by atoms with Gasteiger partial charge in [0.25, 0.3) is 10.1 Å². The topological polar surface area (TPSA) is 124 Å². The molecule has 0 saturated heterocycles. The molecule has 3 unspecified atom stereocenters. The van der Waals surface area contributed by atoms with Crippen molar-refractivity contribution in [1.29, 1.82) is 0 Å². The lowest BCUT2D eigenvalue weighted by atomic mass is 10.0. The van der Waals surface area contributed by atoms with E-state index < -0.39 is 40.0 Å². The van der Waals surface area contributed by atoms with Crippen LogP contribution in [0.2, 0.25) is 0 Å². The van der Waals surface area contributed by atoms with Crippen molar-refractivity contribution in [3.8, 4) is 0 Å². The fourth-order valence-corrected chi connectivity index (χ4v) is 6.60. The standard InChI is InChI=1S/C37H73NO6S/c1-3-5-7-9-11-12-13-14-15-16-17-18-19-20-21-22-23-24-26-28-30-32-36(40)37(41)38-34(33-45(42,43)44)35(39)31-29-27-25-10-8-6-4-2/h29,31,34-36,39-40H,3-28,30,32-33H2,1-2H3,(H,38,41)(H,42,43,44)/b31-29+. The highest BCUT2D eigenvalue weighted by atomic mass is 32.2. The predicted octanol–water partition coefficient (Wildman–Crippen LogP) is 9.60. The summed E-state index contributed by atoms with van der Waals surface area (Å²) in [4.78, 5) is 12.5. The van der Waals surface area contributed by atoms with Gasteiger partial charge in [-0.05, 0) is 19.3 Å². The van der Waals surface area contributed by atoms with Crippen molar-refractivity contribution in [1.82, 2.24) is 5.32 Å². The van der Waals surface area contributed by atoms with Crippen molar-refractivity contribution in [2.24, 2.45) is 0 Å². The van der Waals surface area contributed by atoms with E-state index in [9.17, 15) is 28.0 Å². The lowest BCUT2D eigenvalue weighted by Crippen LogP contribution is -2.50. The van der Waals surface area contributed by atoms with E-state index in [1.807, 2.05) is 0 Å². The molecule has 0 aliphatic carbocycles. The average Bonchev–Trinajstić information content (AvgIpc) is 3.00. The fraction of sp³-hybridized carbons (Fsp3) is 0.919. The Morgan fingerprint density at radius 2 is 0.956 bits per heavy atom. The second-order valence-corrected chi connectivity index (χ2v) is 14.9. The van der Waals surface area contributed by atoms with Gasteiger partial charge in [-0.1, -0.05) is 187 Å². The highest BCUT2D eigenvalue weighted by Crippen LogP contribution is 2.16. The molecule has 3 atom stereocenters. The zero-order chi connectivity index (χ0) is 33.4. The van der Waals surface area contributed by atoms with Gasteiger partial charge in [0.15, 0.2) is 0 Å². The van der Waals surface area contributed by atoms with Crippen molar-refractivity contribution >= 4 is 16.0 Å². The van der Waals surface area contributed by atoms with Gasteiger partial charge < -0.3 is 15.5 Å². The van der Waals surface area contributed by atoms with Crippen LogP contribution in [0.1, 0.15) is 194 Å². The summed E-state index contributed by atoms with van der Waals surface area (Å²) >= 11 is 0. The SMILES string of the molecule is CCCCCCC/C=C/C(O)C(CS(=O)(=O)O)NC(=O)C(O)CCCCCCCCCCCCCCCCCCCCCCC. The summed E-state index contributed by atoms with van der Waals surface area (Å²) in [5, 5.41) is 23.2. The molecule has 8 heteroatoms. The Hall–Kier alpha value is -0.960. The Morgan fingerprint density at radius 3 is 1.33 bits per heavy atom. The molecule has 0 heterocycles. The van der Waals surface area contributed by atoms with E-state index in [2.05, 4.69) is 19.2 Å². The van der Waals surface area contributed by atoms with Gasteiger partial charge in [0.05, 0.1) is 17.9 Å². The lowest BCUT2D eigenvalue weighted by Gasteiger charge is -2.22. The number of hydrogen-bond donors (Lipinski definition) is 4. The average molecular weight is 660 g/mol. The summed E-state index contributed by atoms with van der Waals surface area (Å²) in [5.74, 6) is -1.53. The number of hydrogen-bond acceptors (Lipinski definition) is 5. The molecule has 0 bridgehead atoms. The zero-order valence-corrected chi connectivity index (χ0v) is 30.2. The second-order valence-electron chi connectivity index (χ2n) is 13.4. The molecule has 1 amide bonds. The molecule has 268 valence electrons. The molecule has 0 aromatic rings. The Balaban J connectivity index is 3.85. The Labute approximate surface area is 278 Å². The number of amides is 1. The Bertz CT molecular complexity index is 788. The number of aliphatic hydroxyl groups is 2. The molecule has 0 aliphatic heterocycles. The molecule has 0 radical (unpaired) electrons. The molecule has 0 aromatic heterocycles. The number of rotatable bonds is 34. The smallest absolute Gasteiger partial charge is 0.267 e. The number of nitrogens with one attached hydrogen (secondary N) is 1. The molecule has 0 spiro atoms. The van der Waals surface area contributed by atoms with Crippen LogP contribution >= 0.6 is 0 Å². The fourth-order valence-electron chi connectivity index (χ4n) is 5.87. The van der Waals surface area contributed by atoms with E-state index in [1.165, 1.54) is 122 Å². The highest BCUT2D eigenvalue weighted by Gasteiger charge is 2.27. The molecular weight excluding hydrogens is 586 g/mol. The molecule has 45 heavy (non-hydrogen) atoms. The minimum atomic E-state index is -4.42. The Morgan fingerprint density at radius 1 is 0.600 bits per heavy atom. The van der Waals surface area contributed by atoms with Gasteiger partial charge >= 0.3 is 0 Å². The first-order chi connectivity index (χ1) is 21.7. The number of carbonyl (C=O) groups is 1. The zero-order valence-electron chi connectivity index (χ0n) is 29.4. The molecule has 0 fully saturated rings. The third kappa shape index (κ3) is 31.4. The first-order valence-electron chi connectivity index (χ1n) is 19.0. The third-order valence-electron chi connectivity index (χ3n) is 8.82. The van der Waals surface area contributed by atoms with Crippen LogP contribution in [0, 0.1) is 0 Å². The monoisotopic (exact) mass is 660 g/mol. The summed E-state index contributed by atoms with van der Waals surface area (Å²) in [5.41, 5.74) is 0. The minimum absolute atomic E-state index is 0.285. The van der Waals surface area contributed by atoms with E-state index in [1.54, 1.807) is 6.08 Å². The normalized spacial score (nSPS) is 14.2. The first kappa shape index (κ1) is 44.0. The quantitative estimate of drug-likeness (QED) is 0.0310. The van der Waals surface area contributed by atoms with Crippen molar-refractivity contribution in [3.63, 3.8) is 0 Å². The highest BCUT2D eigenvalue weighted by molar-refractivity contribution is 7.85. The maximum atomic E-state index is 12.5. The second kappa shape index (κ2) is 31.6. The maximum Gasteiger partial charge on any atom is 0.267 e. The van der Waals surface area contributed by atoms with Crippen LogP contribution in [0.4, 0.5) is 0 Å². The van der Waals surface area contributed by atoms with Crippen molar-refractivity contribution < 1.29 is 28.0 Å². The number of allylic oxidation sites excluding steroid dienone is 1. The summed E-state index contributed by atoms with van der Waals surface area (Å²) < 4.78 is 32.2. The van der Waals surface area contributed by atoms with Crippen LogP contribution in [0.15, 0.2) is 12.2 Å². The molecule has 7 nitrogen and oxygen atoms in total. The summed E-state index contributed by atoms with van der Waals surface area (Å²) in [7, 11) is -4.42. The van der Waals surface area contributed by atoms with Crippen LogP contribution < -0.4 is 5.32 Å². The number of aliphatic hydroxyl groups excluding tert-OH is 2. The van der Waals surface area contributed by atoms with Gasteiger partial charge in [0, 0.05) is 0 Å². The Kier molecular flexibility index (Phi) is 31.0. The van der Waals surface area contributed by atoms with E-state index in [-0.39, 0.29) is 6.42 Å². The van der Waals surface area contributed by atoms with E-state index in [4.69, 9.17) is 0 Å². The molecule has 4 N–H and O–H groups in total. The van der Waals surface area contributed by atoms with E-state index in [0.29, 0.717) is 6.42 Å². The summed E-state index contributed by atoms with van der Waals surface area (Å²) in [6.45, 7) is 4.43. The maximum absolute atomic E-state index is 12.5. The van der Waals surface area contributed by atoms with Gasteiger partial charge in [0.1, 0.15) is 6.10 Å². The van der Waals surface area contributed by atoms with Gasteiger partial charge in [-0.25, -0.2) is 0 Å². The molecule has 0 saturated carbocycles. The van der Waals surface area contributed by atoms with E-state index in [0.717, 1.165) is 51.4 Å². The van der Waals surface area contributed by atoms with Crippen LogP contribution in [-0.4, -0.2) is 53.1 Å². The van der Waals surface area contributed by atoms with Gasteiger partial charge in [-0.15, -0.1) is 0 Å². The summed E-state index contributed by atoms with van der Waals surface area (Å²) in [6.07, 6.45) is 34.5. The molecule has 0 rings (SSSR count). The molecule has 0 aliphatic rings. The van der Waals surface area contributed by atoms with Crippen LogP contribution in [-0.2, 0) is 14.9 Å². The van der Waals surface area contributed by atoms with Crippen LogP contribution in [0.5, 0.6) is 0 Å². The van der Waals surface area contributed by atoms with Crippen molar-refractivity contribution in [2.75, 3.05) is 5.75 Å². The lowest BCUT2D eigenvalue weighted by molar-refractivity contribution is -0.130. The van der Waals surface area contributed by atoms with Crippen molar-refractivity contribution in [3.05, 3.63) is 12.2 Å². The van der Waals surface area contributed by atoms with Crippen LogP contribution in [0.25, 0.3) is 0 Å². The van der Waals surface area contributed by atoms with E-state index >= 15 is 0 Å². The van der Waals surface area contributed by atoms with Gasteiger partial charge in [-0.2, -0.15) is 8.42 Å². The number of unbranched alkanes of at least 4 members (excludes halogenated alkanes) is 25. The third-order valence-corrected chi connectivity index (χ3v) is 9.60. The number of carbonyl (C=O) groups excluding carboxylic acids is 1. The largest absolute Gasteiger partial charge is 0.387 e. The molecule has 0 aromatic carbocycles. The first-order valence-corrected chi connectivity index (χ1v) is 20.6. The van der Waals surface area contributed by atoms with Gasteiger partial charge in [0.2, 0.25) is 5.91 Å². The van der Waals surface area contributed by atoms with Crippen LogP contribution in [0.3, 0.4) is 0 Å². The predicted molar refractivity (Wildman–Crippen MR) is 190 cm³/mol. The molecular formula is C37H73NO6S. The summed E-state index contributed by atoms with van der Waals surface area (Å²) in [6, 6.07) is -1.22.